The maximum Gasteiger partial charge on any atom is 0.346 e. The molecule has 1 atom stereocenters. The van der Waals surface area contributed by atoms with Crippen LogP contribution in [0.25, 0.3) is 27.0 Å². The van der Waals surface area contributed by atoms with E-state index in [4.69, 9.17) is 9.47 Å². The van der Waals surface area contributed by atoms with E-state index in [1.807, 2.05) is 25.1 Å². The molecule has 2 aromatic carbocycles. The minimum atomic E-state index is -0.756. The summed E-state index contributed by atoms with van der Waals surface area (Å²) in [5, 5.41) is 0.813. The predicted molar refractivity (Wildman–Crippen MR) is 127 cm³/mol. The number of benzene rings is 2. The summed E-state index contributed by atoms with van der Waals surface area (Å²) < 4.78 is 18.6. The Morgan fingerprint density at radius 1 is 1.09 bits per heavy atom. The summed E-state index contributed by atoms with van der Waals surface area (Å²) in [6, 6.07) is 12.3. The van der Waals surface area contributed by atoms with E-state index in [1.165, 1.54) is 29.3 Å². The van der Waals surface area contributed by atoms with Crippen LogP contribution in [0.15, 0.2) is 52.1 Å². The zero-order valence-corrected chi connectivity index (χ0v) is 19.7. The Hall–Kier alpha value is -3.72. The fourth-order valence-electron chi connectivity index (χ4n) is 3.58. The van der Waals surface area contributed by atoms with E-state index in [0.717, 1.165) is 25.8 Å². The van der Waals surface area contributed by atoms with Crippen LogP contribution in [0.5, 0.6) is 5.75 Å². The van der Waals surface area contributed by atoms with Gasteiger partial charge in [0, 0.05) is 29.8 Å². The summed E-state index contributed by atoms with van der Waals surface area (Å²) in [5.74, 6) is 0.0421. The van der Waals surface area contributed by atoms with Gasteiger partial charge in [-0.15, -0.1) is 0 Å². The lowest BCUT2D eigenvalue weighted by molar-refractivity contribution is -0.147. The van der Waals surface area contributed by atoms with Gasteiger partial charge in [-0.05, 0) is 68.2 Å². The van der Waals surface area contributed by atoms with Gasteiger partial charge in [0.25, 0.3) is 5.56 Å². The van der Waals surface area contributed by atoms with Gasteiger partial charge in [0.15, 0.2) is 6.10 Å². The first-order valence-electron chi connectivity index (χ1n) is 10.3. The molecule has 170 valence electrons. The van der Waals surface area contributed by atoms with E-state index in [-0.39, 0.29) is 5.56 Å². The Balaban J connectivity index is 1.84. The molecule has 0 amide bonds. The number of rotatable bonds is 5. The fourth-order valence-corrected chi connectivity index (χ4v) is 4.35. The van der Waals surface area contributed by atoms with Crippen molar-refractivity contribution in [3.8, 4) is 22.7 Å². The van der Waals surface area contributed by atoms with Crippen LogP contribution >= 0.6 is 11.5 Å². The number of fused-ring (bicyclic) bond motifs is 1. The third kappa shape index (κ3) is 4.07. The van der Waals surface area contributed by atoms with E-state index in [1.54, 1.807) is 39.1 Å². The van der Waals surface area contributed by atoms with Crippen molar-refractivity contribution >= 4 is 27.6 Å². The van der Waals surface area contributed by atoms with Crippen molar-refractivity contribution < 1.29 is 14.3 Å². The number of hydrogen-bond donors (Lipinski definition) is 0. The molecule has 8 nitrogen and oxygen atoms in total. The minimum absolute atomic E-state index is 0.386. The Bertz CT molecular complexity index is 1500. The van der Waals surface area contributed by atoms with Gasteiger partial charge in [-0.3, -0.25) is 4.79 Å². The van der Waals surface area contributed by atoms with Crippen molar-refractivity contribution in [3.05, 3.63) is 74.6 Å². The van der Waals surface area contributed by atoms with E-state index in [2.05, 4.69) is 4.37 Å². The highest BCUT2D eigenvalue weighted by atomic mass is 32.1. The molecule has 0 N–H and O–H groups in total. The molecule has 0 aliphatic rings. The summed E-state index contributed by atoms with van der Waals surface area (Å²) in [7, 11) is 2.95. The average Bonchev–Trinajstić information content (AvgIpc) is 3.21. The van der Waals surface area contributed by atoms with Crippen molar-refractivity contribution in [2.24, 2.45) is 7.05 Å². The molecule has 0 aliphatic carbocycles. The number of aromatic nitrogens is 3. The molecular weight excluding hydrogens is 442 g/mol. The van der Waals surface area contributed by atoms with Crippen LogP contribution in [0.3, 0.4) is 0 Å². The van der Waals surface area contributed by atoms with E-state index >= 15 is 0 Å². The Morgan fingerprint density at radius 2 is 1.85 bits per heavy atom. The van der Waals surface area contributed by atoms with Crippen LogP contribution in [-0.4, -0.2) is 32.7 Å². The van der Waals surface area contributed by atoms with Gasteiger partial charge in [-0.1, -0.05) is 6.07 Å². The number of esters is 1. The standard InChI is InChI=1S/C24H23N3O5S/c1-13-6-8-17(32-15(3)23(29)31-5)12-18(13)22-19-11-16(7-9-20(19)33-25-22)27-21(28)10-14(2)26(4)24(27)30/h6-12,15H,1-5H3. The van der Waals surface area contributed by atoms with E-state index in [0.29, 0.717) is 22.8 Å². The lowest BCUT2D eigenvalue weighted by Gasteiger charge is -2.14. The molecule has 0 radical (unpaired) electrons. The van der Waals surface area contributed by atoms with Crippen molar-refractivity contribution in [1.82, 2.24) is 13.5 Å². The Labute approximate surface area is 193 Å². The number of methoxy groups -OCH3 is 1. The number of ether oxygens (including phenoxy) is 2. The van der Waals surface area contributed by atoms with Gasteiger partial charge in [0.2, 0.25) is 0 Å². The molecule has 1 unspecified atom stereocenters. The van der Waals surface area contributed by atoms with Crippen LogP contribution < -0.4 is 16.0 Å². The third-order valence-electron chi connectivity index (χ3n) is 5.58. The van der Waals surface area contributed by atoms with Crippen molar-refractivity contribution in [2.75, 3.05) is 7.11 Å². The number of aryl methyl sites for hydroxylation is 2. The van der Waals surface area contributed by atoms with Gasteiger partial charge in [0.1, 0.15) is 5.75 Å². The summed E-state index contributed by atoms with van der Waals surface area (Å²) in [6.07, 6.45) is -0.756. The quantitative estimate of drug-likeness (QED) is 0.420. The maximum absolute atomic E-state index is 12.8. The molecule has 0 saturated heterocycles. The average molecular weight is 466 g/mol. The third-order valence-corrected chi connectivity index (χ3v) is 6.41. The SMILES string of the molecule is COC(=O)C(C)Oc1ccc(C)c(-c2nsc3ccc(-n4c(=O)cc(C)n(C)c4=O)cc23)c1. The zero-order valence-electron chi connectivity index (χ0n) is 18.9. The lowest BCUT2D eigenvalue weighted by atomic mass is 10.0. The molecule has 4 rings (SSSR count). The van der Waals surface area contributed by atoms with Crippen molar-refractivity contribution in [1.29, 1.82) is 0 Å². The molecule has 2 aromatic heterocycles. The molecule has 33 heavy (non-hydrogen) atoms. The second-order valence-corrected chi connectivity index (χ2v) is 8.58. The number of hydrogen-bond acceptors (Lipinski definition) is 7. The molecule has 2 heterocycles. The first-order chi connectivity index (χ1) is 15.7. The first kappa shape index (κ1) is 22.5. The Kier molecular flexibility index (Phi) is 5.90. The summed E-state index contributed by atoms with van der Waals surface area (Å²) in [5.41, 5.74) is 2.78. The highest BCUT2D eigenvalue weighted by Crippen LogP contribution is 2.35. The molecule has 9 heteroatoms. The molecular formula is C24H23N3O5S. The number of carbonyl (C=O) groups is 1. The van der Waals surface area contributed by atoms with Crippen molar-refractivity contribution in [3.63, 3.8) is 0 Å². The molecule has 0 bridgehead atoms. The molecule has 4 aromatic rings. The predicted octanol–water partition coefficient (Wildman–Crippen LogP) is 3.37. The topological polar surface area (TPSA) is 92.4 Å². The zero-order chi connectivity index (χ0) is 23.9. The molecule has 0 spiro atoms. The molecule has 0 aliphatic heterocycles. The molecule has 0 fully saturated rings. The van der Waals surface area contributed by atoms with Gasteiger partial charge in [-0.2, -0.15) is 4.37 Å². The summed E-state index contributed by atoms with van der Waals surface area (Å²) >= 11 is 1.33. The molecule has 0 saturated carbocycles. The lowest BCUT2D eigenvalue weighted by Crippen LogP contribution is -2.38. The monoisotopic (exact) mass is 465 g/mol. The van der Waals surface area contributed by atoms with Gasteiger partial charge in [-0.25, -0.2) is 14.2 Å². The van der Waals surface area contributed by atoms with Crippen molar-refractivity contribution in [2.45, 2.75) is 26.9 Å². The minimum Gasteiger partial charge on any atom is -0.479 e. The largest absolute Gasteiger partial charge is 0.479 e. The first-order valence-corrected chi connectivity index (χ1v) is 11.0. The fraction of sp³-hybridized carbons (Fsp3) is 0.250. The van der Waals surface area contributed by atoms with Crippen LogP contribution in [0.1, 0.15) is 18.2 Å². The number of carbonyl (C=O) groups excluding carboxylic acids is 1. The number of nitrogens with zero attached hydrogens (tertiary/aromatic N) is 3. The second kappa shape index (κ2) is 8.67. The van der Waals surface area contributed by atoms with E-state index < -0.39 is 17.8 Å². The maximum atomic E-state index is 12.8. The Morgan fingerprint density at radius 3 is 2.58 bits per heavy atom. The van der Waals surface area contributed by atoms with Gasteiger partial charge >= 0.3 is 11.7 Å². The summed E-state index contributed by atoms with van der Waals surface area (Å²) in [4.78, 5) is 37.1. The van der Waals surface area contributed by atoms with Crippen LogP contribution in [0.4, 0.5) is 0 Å². The van der Waals surface area contributed by atoms with Gasteiger partial charge < -0.3 is 14.0 Å². The van der Waals surface area contributed by atoms with E-state index in [9.17, 15) is 14.4 Å². The van der Waals surface area contributed by atoms with Crippen LogP contribution in [0, 0.1) is 13.8 Å². The second-order valence-electron chi connectivity index (χ2n) is 7.77. The van der Waals surface area contributed by atoms with Gasteiger partial charge in [0.05, 0.1) is 23.2 Å². The highest BCUT2D eigenvalue weighted by Gasteiger charge is 2.18. The summed E-state index contributed by atoms with van der Waals surface area (Å²) in [6.45, 7) is 5.30. The smallest absolute Gasteiger partial charge is 0.346 e. The van der Waals surface area contributed by atoms with Crippen LogP contribution in [0.2, 0.25) is 0 Å². The van der Waals surface area contributed by atoms with Crippen LogP contribution in [-0.2, 0) is 16.6 Å². The highest BCUT2D eigenvalue weighted by molar-refractivity contribution is 7.13. The normalized spacial score (nSPS) is 12.0.